The molecule has 0 aliphatic carbocycles. The van der Waals surface area contributed by atoms with Crippen molar-refractivity contribution in [1.29, 1.82) is 0 Å². The minimum Gasteiger partial charge on any atom is -0.331 e. The summed E-state index contributed by atoms with van der Waals surface area (Å²) in [5.41, 5.74) is 2.64. The zero-order chi connectivity index (χ0) is 21.7. The molecule has 1 aromatic heterocycles. The van der Waals surface area contributed by atoms with E-state index in [0.29, 0.717) is 15.9 Å². The number of rotatable bonds is 8. The van der Waals surface area contributed by atoms with Gasteiger partial charge in [-0.3, -0.25) is 9.36 Å². The molecule has 6 nitrogen and oxygen atoms in total. The highest BCUT2D eigenvalue weighted by Crippen LogP contribution is 2.26. The molecule has 0 saturated carbocycles. The third-order valence-electron chi connectivity index (χ3n) is 4.82. The normalized spacial score (nSPS) is 12.2. The number of carbonyl (C=O) groups is 1. The van der Waals surface area contributed by atoms with Crippen molar-refractivity contribution in [3.63, 3.8) is 0 Å². The predicted molar refractivity (Wildman–Crippen MR) is 123 cm³/mol. The number of nitrogens with one attached hydrogen (secondary N) is 2. The number of hydrogen-bond donors (Lipinski definition) is 2. The second kappa shape index (κ2) is 10.1. The number of para-hydroxylation sites is 1. The number of nitrogens with zero attached hydrogens (tertiary/aromatic N) is 3. The molecule has 1 heterocycles. The zero-order valence-corrected chi connectivity index (χ0v) is 19.2. The van der Waals surface area contributed by atoms with Crippen LogP contribution < -0.4 is 10.2 Å². The lowest BCUT2D eigenvalue weighted by molar-refractivity contribution is -0.893. The summed E-state index contributed by atoms with van der Waals surface area (Å²) in [7, 11) is 4.23. The van der Waals surface area contributed by atoms with E-state index < -0.39 is 0 Å². The lowest BCUT2D eigenvalue weighted by Crippen LogP contribution is -3.06. The standard InChI is InChI=1S/C22H26ClN5OS/c1-5-19(27(3)4)21-25-26-22(28(21)16-9-7-6-8-10-16)30-14-20(29)24-18-12-11-15(2)13-17(18)23/h6-13,19H,5,14H2,1-4H3,(H,24,29)/p+1/t19-/m1/s1. The summed E-state index contributed by atoms with van der Waals surface area (Å²) in [5.74, 6) is 0.967. The molecule has 0 bridgehead atoms. The second-order valence-corrected chi connectivity index (χ2v) is 8.72. The van der Waals surface area contributed by atoms with Gasteiger partial charge in [-0.2, -0.15) is 0 Å². The third kappa shape index (κ3) is 5.22. The molecule has 2 aromatic carbocycles. The van der Waals surface area contributed by atoms with Crippen LogP contribution in [0.3, 0.4) is 0 Å². The average Bonchev–Trinajstić information content (AvgIpc) is 3.13. The molecule has 0 aliphatic rings. The molecule has 0 fully saturated rings. The highest BCUT2D eigenvalue weighted by atomic mass is 35.5. The smallest absolute Gasteiger partial charge is 0.234 e. The van der Waals surface area contributed by atoms with Crippen LogP contribution in [-0.2, 0) is 4.79 Å². The lowest BCUT2D eigenvalue weighted by atomic mass is 10.2. The van der Waals surface area contributed by atoms with Crippen LogP contribution in [0.5, 0.6) is 0 Å². The Kier molecular flexibility index (Phi) is 7.53. The maximum absolute atomic E-state index is 12.5. The number of benzene rings is 2. The molecule has 3 rings (SSSR count). The number of carbonyl (C=O) groups excluding carboxylic acids is 1. The summed E-state index contributed by atoms with van der Waals surface area (Å²) in [6.45, 7) is 4.10. The van der Waals surface area contributed by atoms with E-state index in [2.05, 4.69) is 41.1 Å². The summed E-state index contributed by atoms with van der Waals surface area (Å²) in [4.78, 5) is 13.8. The fourth-order valence-corrected chi connectivity index (χ4v) is 4.35. The van der Waals surface area contributed by atoms with Crippen LogP contribution in [0.15, 0.2) is 53.7 Å². The SMILES string of the molecule is CC[C@H](c1nnc(SCC(=O)Nc2ccc(C)cc2Cl)n1-c1ccccc1)[NH+](C)C. The van der Waals surface area contributed by atoms with Gasteiger partial charge < -0.3 is 10.2 Å². The maximum atomic E-state index is 12.5. The van der Waals surface area contributed by atoms with Crippen molar-refractivity contribution in [3.8, 4) is 5.69 Å². The van der Waals surface area contributed by atoms with E-state index in [9.17, 15) is 4.79 Å². The van der Waals surface area contributed by atoms with Gasteiger partial charge in [0, 0.05) is 12.1 Å². The quantitative estimate of drug-likeness (QED) is 0.521. The van der Waals surface area contributed by atoms with Crippen LogP contribution in [0, 0.1) is 6.92 Å². The van der Waals surface area contributed by atoms with Crippen molar-refractivity contribution in [3.05, 3.63) is 64.9 Å². The number of halogens is 1. The number of amides is 1. The van der Waals surface area contributed by atoms with Gasteiger partial charge in [-0.15, -0.1) is 10.2 Å². The monoisotopic (exact) mass is 444 g/mol. The first-order valence-electron chi connectivity index (χ1n) is 9.90. The summed E-state index contributed by atoms with van der Waals surface area (Å²) >= 11 is 7.59. The molecule has 0 spiro atoms. The van der Waals surface area contributed by atoms with Gasteiger partial charge >= 0.3 is 0 Å². The Morgan fingerprint density at radius 3 is 2.57 bits per heavy atom. The third-order valence-corrected chi connectivity index (χ3v) is 6.06. The van der Waals surface area contributed by atoms with Crippen molar-refractivity contribution in [2.45, 2.75) is 31.5 Å². The molecular formula is C22H27ClN5OS+. The number of anilines is 1. The molecule has 1 amide bonds. The van der Waals surface area contributed by atoms with Gasteiger partial charge in [-0.25, -0.2) is 0 Å². The topological polar surface area (TPSA) is 64.2 Å². The molecule has 0 saturated heterocycles. The maximum Gasteiger partial charge on any atom is 0.234 e. The molecule has 8 heteroatoms. The largest absolute Gasteiger partial charge is 0.331 e. The van der Waals surface area contributed by atoms with E-state index in [0.717, 1.165) is 23.5 Å². The summed E-state index contributed by atoms with van der Waals surface area (Å²) in [5, 5.41) is 13.0. The average molecular weight is 445 g/mol. The number of aryl methyl sites for hydroxylation is 1. The lowest BCUT2D eigenvalue weighted by Gasteiger charge is -2.20. The van der Waals surface area contributed by atoms with Gasteiger partial charge in [0.2, 0.25) is 5.91 Å². The number of thioether (sulfide) groups is 1. The van der Waals surface area contributed by atoms with Crippen LogP contribution >= 0.6 is 23.4 Å². The van der Waals surface area contributed by atoms with Gasteiger partial charge in [-0.1, -0.05) is 54.6 Å². The van der Waals surface area contributed by atoms with Crippen LogP contribution in [-0.4, -0.2) is 40.5 Å². The highest BCUT2D eigenvalue weighted by molar-refractivity contribution is 7.99. The van der Waals surface area contributed by atoms with E-state index in [1.54, 1.807) is 0 Å². The Bertz CT molecular complexity index is 1010. The molecule has 2 N–H and O–H groups in total. The number of aromatic nitrogens is 3. The molecule has 30 heavy (non-hydrogen) atoms. The number of quaternary nitrogens is 1. The molecule has 1 atom stereocenters. The Balaban J connectivity index is 1.82. The Morgan fingerprint density at radius 2 is 1.93 bits per heavy atom. The van der Waals surface area contributed by atoms with Gasteiger partial charge in [-0.05, 0) is 36.8 Å². The van der Waals surface area contributed by atoms with E-state index in [1.807, 2.05) is 55.5 Å². The van der Waals surface area contributed by atoms with Crippen LogP contribution in [0.4, 0.5) is 5.69 Å². The fourth-order valence-electron chi connectivity index (χ4n) is 3.31. The van der Waals surface area contributed by atoms with E-state index >= 15 is 0 Å². The van der Waals surface area contributed by atoms with Crippen molar-refractivity contribution >= 4 is 35.0 Å². The Labute approximate surface area is 186 Å². The fraction of sp³-hybridized carbons (Fsp3) is 0.318. The van der Waals surface area contributed by atoms with Crippen molar-refractivity contribution < 1.29 is 9.69 Å². The van der Waals surface area contributed by atoms with Crippen molar-refractivity contribution in [2.75, 3.05) is 25.2 Å². The van der Waals surface area contributed by atoms with Gasteiger partial charge in [0.1, 0.15) is 6.04 Å². The summed E-state index contributed by atoms with van der Waals surface area (Å²) in [6, 6.07) is 15.8. The first-order valence-corrected chi connectivity index (χ1v) is 11.3. The second-order valence-electron chi connectivity index (χ2n) is 7.37. The van der Waals surface area contributed by atoms with E-state index in [4.69, 9.17) is 11.6 Å². The molecular weight excluding hydrogens is 418 g/mol. The summed E-state index contributed by atoms with van der Waals surface area (Å²) < 4.78 is 2.05. The molecule has 3 aromatic rings. The molecule has 0 aliphatic heterocycles. The van der Waals surface area contributed by atoms with Gasteiger partial charge in [0.15, 0.2) is 11.0 Å². The highest BCUT2D eigenvalue weighted by Gasteiger charge is 2.26. The molecule has 158 valence electrons. The summed E-state index contributed by atoms with van der Waals surface area (Å²) in [6.07, 6.45) is 0.935. The van der Waals surface area contributed by atoms with Gasteiger partial charge in [0.05, 0.1) is 30.6 Å². The first-order chi connectivity index (χ1) is 14.4. The predicted octanol–water partition coefficient (Wildman–Crippen LogP) is 3.56. The van der Waals surface area contributed by atoms with Crippen molar-refractivity contribution in [2.24, 2.45) is 0 Å². The minimum absolute atomic E-state index is 0.139. The van der Waals surface area contributed by atoms with Gasteiger partial charge in [0.25, 0.3) is 0 Å². The van der Waals surface area contributed by atoms with Crippen molar-refractivity contribution in [1.82, 2.24) is 14.8 Å². The first kappa shape index (κ1) is 22.3. The van der Waals surface area contributed by atoms with Crippen LogP contribution in [0.25, 0.3) is 5.69 Å². The zero-order valence-electron chi connectivity index (χ0n) is 17.6. The molecule has 0 unspecified atom stereocenters. The Morgan fingerprint density at radius 1 is 1.20 bits per heavy atom. The van der Waals surface area contributed by atoms with E-state index in [1.165, 1.54) is 16.7 Å². The number of hydrogen-bond acceptors (Lipinski definition) is 4. The van der Waals surface area contributed by atoms with Crippen LogP contribution in [0.2, 0.25) is 5.02 Å². The Hall–Kier alpha value is -2.35. The molecule has 0 radical (unpaired) electrons. The van der Waals surface area contributed by atoms with E-state index in [-0.39, 0.29) is 17.7 Å². The van der Waals surface area contributed by atoms with Crippen LogP contribution in [0.1, 0.15) is 30.8 Å². The minimum atomic E-state index is -0.139.